The predicted octanol–water partition coefficient (Wildman–Crippen LogP) is 3.98. The first-order valence-corrected chi connectivity index (χ1v) is 9.51. The monoisotopic (exact) mass is 385 g/mol. The van der Waals surface area contributed by atoms with Crippen LogP contribution in [0, 0.1) is 6.92 Å². The minimum Gasteiger partial charge on any atom is -0.462 e. The van der Waals surface area contributed by atoms with Crippen molar-refractivity contribution in [3.05, 3.63) is 59.7 Å². The van der Waals surface area contributed by atoms with Crippen molar-refractivity contribution in [2.75, 3.05) is 37.0 Å². The molecule has 0 atom stereocenters. The van der Waals surface area contributed by atoms with Crippen molar-refractivity contribution >= 4 is 34.7 Å². The molecule has 27 heavy (non-hydrogen) atoms. The fourth-order valence-electron chi connectivity index (χ4n) is 2.59. The maximum absolute atomic E-state index is 11.9. The van der Waals surface area contributed by atoms with E-state index in [2.05, 4.69) is 34.7 Å². The maximum Gasteiger partial charge on any atom is 0.338 e. The number of anilines is 2. The SMILES string of the molecule is CCOC(=O)c1ccc(C)c(NC(=S)NCCCN(C)c2ccccc2)c1. The summed E-state index contributed by atoms with van der Waals surface area (Å²) in [5.41, 5.74) is 3.53. The fraction of sp³-hybridized carbons (Fsp3) is 0.333. The lowest BCUT2D eigenvalue weighted by atomic mass is 10.1. The van der Waals surface area contributed by atoms with Crippen LogP contribution in [0.2, 0.25) is 0 Å². The third kappa shape index (κ3) is 6.57. The minimum atomic E-state index is -0.330. The molecule has 0 spiro atoms. The summed E-state index contributed by atoms with van der Waals surface area (Å²) in [7, 11) is 2.08. The highest BCUT2D eigenvalue weighted by molar-refractivity contribution is 7.80. The van der Waals surface area contributed by atoms with Crippen LogP contribution in [0.25, 0.3) is 0 Å². The van der Waals surface area contributed by atoms with Gasteiger partial charge in [0.05, 0.1) is 12.2 Å². The number of esters is 1. The summed E-state index contributed by atoms with van der Waals surface area (Å²) in [6.45, 7) is 5.80. The Morgan fingerprint density at radius 1 is 1.19 bits per heavy atom. The number of para-hydroxylation sites is 1. The van der Waals surface area contributed by atoms with Gasteiger partial charge >= 0.3 is 5.97 Å². The molecule has 0 radical (unpaired) electrons. The van der Waals surface area contributed by atoms with Crippen molar-refractivity contribution < 1.29 is 9.53 Å². The van der Waals surface area contributed by atoms with E-state index in [1.165, 1.54) is 5.69 Å². The fourth-order valence-corrected chi connectivity index (χ4v) is 2.81. The number of carbonyl (C=O) groups excluding carboxylic acids is 1. The number of hydrogen-bond acceptors (Lipinski definition) is 4. The molecule has 0 aliphatic heterocycles. The van der Waals surface area contributed by atoms with Gasteiger partial charge in [0.2, 0.25) is 0 Å². The van der Waals surface area contributed by atoms with E-state index >= 15 is 0 Å². The summed E-state index contributed by atoms with van der Waals surface area (Å²) in [6, 6.07) is 15.7. The Balaban J connectivity index is 1.80. The Kier molecular flexibility index (Phi) is 8.07. The maximum atomic E-state index is 11.9. The topological polar surface area (TPSA) is 53.6 Å². The third-order valence-electron chi connectivity index (χ3n) is 4.15. The second kappa shape index (κ2) is 10.5. The van der Waals surface area contributed by atoms with Gasteiger partial charge in [0.25, 0.3) is 0 Å². The number of thiocarbonyl (C=S) groups is 1. The van der Waals surface area contributed by atoms with Gasteiger partial charge in [-0.05, 0) is 62.3 Å². The van der Waals surface area contributed by atoms with E-state index in [0.717, 1.165) is 30.8 Å². The molecule has 0 bridgehead atoms. The van der Waals surface area contributed by atoms with Crippen LogP contribution in [0.15, 0.2) is 48.5 Å². The highest BCUT2D eigenvalue weighted by Crippen LogP contribution is 2.17. The summed E-state index contributed by atoms with van der Waals surface area (Å²) < 4.78 is 5.05. The number of nitrogens with zero attached hydrogens (tertiary/aromatic N) is 1. The first-order valence-electron chi connectivity index (χ1n) is 9.10. The summed E-state index contributed by atoms with van der Waals surface area (Å²) >= 11 is 5.38. The molecule has 144 valence electrons. The number of benzene rings is 2. The lowest BCUT2D eigenvalue weighted by Crippen LogP contribution is -2.31. The molecule has 0 saturated carbocycles. The molecule has 0 saturated heterocycles. The van der Waals surface area contributed by atoms with Crippen LogP contribution in [-0.2, 0) is 4.74 Å². The largest absolute Gasteiger partial charge is 0.462 e. The number of carbonyl (C=O) groups is 1. The van der Waals surface area contributed by atoms with Gasteiger partial charge in [0, 0.05) is 31.5 Å². The zero-order valence-corrected chi connectivity index (χ0v) is 16.9. The van der Waals surface area contributed by atoms with Crippen molar-refractivity contribution in [3.63, 3.8) is 0 Å². The molecule has 2 aromatic carbocycles. The molecule has 2 rings (SSSR count). The first-order chi connectivity index (χ1) is 13.0. The average Bonchev–Trinajstić information content (AvgIpc) is 2.67. The van der Waals surface area contributed by atoms with Crippen LogP contribution in [-0.4, -0.2) is 37.8 Å². The highest BCUT2D eigenvalue weighted by Gasteiger charge is 2.09. The molecule has 0 heterocycles. The molecular formula is C21H27N3O2S. The summed E-state index contributed by atoms with van der Waals surface area (Å²) in [4.78, 5) is 14.1. The van der Waals surface area contributed by atoms with E-state index in [4.69, 9.17) is 17.0 Å². The van der Waals surface area contributed by atoms with Gasteiger partial charge in [0.15, 0.2) is 5.11 Å². The molecule has 0 unspecified atom stereocenters. The van der Waals surface area contributed by atoms with Gasteiger partial charge in [-0.25, -0.2) is 4.79 Å². The van der Waals surface area contributed by atoms with E-state index in [9.17, 15) is 4.79 Å². The van der Waals surface area contributed by atoms with Crippen molar-refractivity contribution in [1.82, 2.24) is 5.32 Å². The number of hydrogen-bond donors (Lipinski definition) is 2. The molecular weight excluding hydrogens is 358 g/mol. The lowest BCUT2D eigenvalue weighted by Gasteiger charge is -2.19. The number of aryl methyl sites for hydroxylation is 1. The number of ether oxygens (including phenoxy) is 1. The smallest absolute Gasteiger partial charge is 0.338 e. The van der Waals surface area contributed by atoms with Gasteiger partial charge in [-0.15, -0.1) is 0 Å². The van der Waals surface area contributed by atoms with Crippen molar-refractivity contribution in [2.24, 2.45) is 0 Å². The van der Waals surface area contributed by atoms with Crippen LogP contribution in [0.1, 0.15) is 29.3 Å². The van der Waals surface area contributed by atoms with E-state index in [1.54, 1.807) is 19.1 Å². The second-order valence-corrected chi connectivity index (χ2v) is 6.65. The minimum absolute atomic E-state index is 0.330. The van der Waals surface area contributed by atoms with Crippen LogP contribution in [0.5, 0.6) is 0 Å². The zero-order chi connectivity index (χ0) is 19.6. The average molecular weight is 386 g/mol. The normalized spacial score (nSPS) is 10.2. The lowest BCUT2D eigenvalue weighted by molar-refractivity contribution is 0.0526. The van der Waals surface area contributed by atoms with Crippen molar-refractivity contribution in [3.8, 4) is 0 Å². The molecule has 0 aliphatic rings. The summed E-state index contributed by atoms with van der Waals surface area (Å²) in [6.07, 6.45) is 0.953. The van der Waals surface area contributed by atoms with E-state index in [1.807, 2.05) is 31.2 Å². The van der Waals surface area contributed by atoms with E-state index in [0.29, 0.717) is 17.3 Å². The third-order valence-corrected chi connectivity index (χ3v) is 4.40. The Morgan fingerprint density at radius 3 is 2.63 bits per heavy atom. The molecule has 2 aromatic rings. The Hall–Kier alpha value is -2.60. The quantitative estimate of drug-likeness (QED) is 0.407. The van der Waals surface area contributed by atoms with Gasteiger partial charge in [-0.2, -0.15) is 0 Å². The standard InChI is InChI=1S/C21H27N3O2S/c1-4-26-20(25)17-12-11-16(2)19(15-17)23-21(27)22-13-8-14-24(3)18-9-6-5-7-10-18/h5-7,9-12,15H,4,8,13-14H2,1-3H3,(H2,22,23,27). The Labute approximate surface area is 166 Å². The number of rotatable bonds is 8. The van der Waals surface area contributed by atoms with Gasteiger partial charge in [0.1, 0.15) is 0 Å². The van der Waals surface area contributed by atoms with Crippen LogP contribution < -0.4 is 15.5 Å². The van der Waals surface area contributed by atoms with Crippen molar-refractivity contribution in [1.29, 1.82) is 0 Å². The van der Waals surface area contributed by atoms with Gasteiger partial charge in [-0.1, -0.05) is 24.3 Å². The molecule has 0 fully saturated rings. The molecule has 5 nitrogen and oxygen atoms in total. The van der Waals surface area contributed by atoms with Gasteiger partial charge < -0.3 is 20.3 Å². The molecule has 0 aliphatic carbocycles. The van der Waals surface area contributed by atoms with E-state index in [-0.39, 0.29) is 5.97 Å². The second-order valence-electron chi connectivity index (χ2n) is 6.24. The van der Waals surface area contributed by atoms with Crippen molar-refractivity contribution in [2.45, 2.75) is 20.3 Å². The summed E-state index contributed by atoms with van der Waals surface area (Å²) in [5.74, 6) is -0.330. The molecule has 2 N–H and O–H groups in total. The molecule has 0 aromatic heterocycles. The first kappa shape index (κ1) is 20.7. The molecule has 6 heteroatoms. The van der Waals surface area contributed by atoms with Crippen LogP contribution in [0.3, 0.4) is 0 Å². The molecule has 0 amide bonds. The summed E-state index contributed by atoms with van der Waals surface area (Å²) in [5, 5.41) is 6.93. The Bertz CT molecular complexity index is 765. The van der Waals surface area contributed by atoms with E-state index < -0.39 is 0 Å². The predicted molar refractivity (Wildman–Crippen MR) is 116 cm³/mol. The highest BCUT2D eigenvalue weighted by atomic mass is 32.1. The Morgan fingerprint density at radius 2 is 1.93 bits per heavy atom. The van der Waals surface area contributed by atoms with Crippen LogP contribution >= 0.6 is 12.2 Å². The van der Waals surface area contributed by atoms with Gasteiger partial charge in [-0.3, -0.25) is 0 Å². The van der Waals surface area contributed by atoms with Crippen LogP contribution in [0.4, 0.5) is 11.4 Å². The number of nitrogens with one attached hydrogen (secondary N) is 2. The zero-order valence-electron chi connectivity index (χ0n) is 16.1.